The van der Waals surface area contributed by atoms with Gasteiger partial charge in [-0.15, -0.1) is 0 Å². The number of hydrogen-bond acceptors (Lipinski definition) is 4. The maximum Gasteiger partial charge on any atom is 0.180 e. The van der Waals surface area contributed by atoms with Crippen LogP contribution in [0.1, 0.15) is 18.1 Å². The summed E-state index contributed by atoms with van der Waals surface area (Å²) in [6.45, 7) is 2.13. The zero-order valence-corrected chi connectivity index (χ0v) is 16.0. The predicted molar refractivity (Wildman–Crippen MR) is 114 cm³/mol. The van der Waals surface area contributed by atoms with Gasteiger partial charge in [0.25, 0.3) is 0 Å². The largest absolute Gasteiger partial charge is 0.345 e. The van der Waals surface area contributed by atoms with Crippen molar-refractivity contribution >= 4 is 16.9 Å². The van der Waals surface area contributed by atoms with E-state index in [9.17, 15) is 0 Å². The van der Waals surface area contributed by atoms with Gasteiger partial charge in [-0.3, -0.25) is 0 Å². The van der Waals surface area contributed by atoms with E-state index < -0.39 is 5.66 Å². The lowest BCUT2D eigenvalue weighted by Crippen LogP contribution is -2.61. The number of hydrogen-bond donors (Lipinski definition) is 0. The minimum absolute atomic E-state index is 0.0234. The molecule has 1 spiro atoms. The Hall–Kier alpha value is -3.40. The molecule has 5 rings (SSSR count). The Kier molecular flexibility index (Phi) is 3.79. The van der Waals surface area contributed by atoms with Crippen LogP contribution in [0.25, 0.3) is 5.57 Å². The molecule has 0 saturated heterocycles. The van der Waals surface area contributed by atoms with Crippen LogP contribution in [0.5, 0.6) is 0 Å². The average Bonchev–Trinajstić information content (AvgIpc) is 3.09. The van der Waals surface area contributed by atoms with E-state index in [1.165, 1.54) is 22.4 Å². The molecule has 4 heteroatoms. The van der Waals surface area contributed by atoms with Gasteiger partial charge >= 0.3 is 0 Å². The lowest BCUT2D eigenvalue weighted by molar-refractivity contribution is 0.452. The van der Waals surface area contributed by atoms with Crippen molar-refractivity contribution in [3.05, 3.63) is 102 Å². The fourth-order valence-electron chi connectivity index (χ4n) is 4.32. The molecular formula is C24H22N4. The summed E-state index contributed by atoms with van der Waals surface area (Å²) in [6, 6.07) is 29.4. The standard InChI is InChI=1S/C24H22N4/c1-18-24(28(26-25-18)20-13-7-4-8-14-20)17-22(19-11-5-3-6-12-19)21-15-9-10-16-23(21)27(24)2/h3-18H,1-2H3/t18?,24-/m1/s1. The topological polar surface area (TPSA) is 31.2 Å². The molecule has 28 heavy (non-hydrogen) atoms. The van der Waals surface area contributed by atoms with E-state index in [-0.39, 0.29) is 6.04 Å². The number of anilines is 2. The zero-order chi connectivity index (χ0) is 19.1. The summed E-state index contributed by atoms with van der Waals surface area (Å²) in [6.07, 6.45) is 2.34. The minimum atomic E-state index is -0.499. The van der Waals surface area contributed by atoms with Crippen molar-refractivity contribution in [2.75, 3.05) is 17.0 Å². The van der Waals surface area contributed by atoms with Crippen LogP contribution < -0.4 is 9.91 Å². The summed E-state index contributed by atoms with van der Waals surface area (Å²) in [5.74, 6) is 0. The lowest BCUT2D eigenvalue weighted by Gasteiger charge is -2.48. The molecule has 2 aliphatic heterocycles. The molecule has 138 valence electrons. The Bertz CT molecular complexity index is 1060. The molecule has 0 fully saturated rings. The van der Waals surface area contributed by atoms with Gasteiger partial charge in [-0.25, -0.2) is 5.01 Å². The minimum Gasteiger partial charge on any atom is -0.345 e. The van der Waals surface area contributed by atoms with Crippen LogP contribution >= 0.6 is 0 Å². The van der Waals surface area contributed by atoms with Crippen molar-refractivity contribution in [3.8, 4) is 0 Å². The third kappa shape index (κ3) is 2.31. The SMILES string of the molecule is CC1N=NN(c2ccccc2)[C@]12C=C(c1ccccc1)c1ccccc1N2C. The monoisotopic (exact) mass is 366 g/mol. The first-order valence-corrected chi connectivity index (χ1v) is 9.59. The highest BCUT2D eigenvalue weighted by atomic mass is 15.7. The number of fused-ring (bicyclic) bond motifs is 1. The van der Waals surface area contributed by atoms with Crippen LogP contribution in [0.3, 0.4) is 0 Å². The first-order chi connectivity index (χ1) is 13.7. The van der Waals surface area contributed by atoms with Crippen molar-refractivity contribution in [1.82, 2.24) is 0 Å². The van der Waals surface area contributed by atoms with E-state index in [1.54, 1.807) is 0 Å². The van der Waals surface area contributed by atoms with Crippen molar-refractivity contribution in [1.29, 1.82) is 0 Å². The lowest BCUT2D eigenvalue weighted by atomic mass is 9.84. The van der Waals surface area contributed by atoms with E-state index in [4.69, 9.17) is 0 Å². The Morgan fingerprint density at radius 1 is 0.821 bits per heavy atom. The fourth-order valence-corrected chi connectivity index (χ4v) is 4.32. The van der Waals surface area contributed by atoms with Gasteiger partial charge in [0, 0.05) is 18.3 Å². The van der Waals surface area contributed by atoms with Crippen LogP contribution in [-0.4, -0.2) is 18.8 Å². The average molecular weight is 366 g/mol. The normalized spacial score (nSPS) is 23.1. The zero-order valence-electron chi connectivity index (χ0n) is 16.0. The molecule has 0 aliphatic carbocycles. The molecule has 0 radical (unpaired) electrons. The second-order valence-corrected chi connectivity index (χ2v) is 7.31. The quantitative estimate of drug-likeness (QED) is 0.596. The number of nitrogens with zero attached hydrogens (tertiary/aromatic N) is 4. The van der Waals surface area contributed by atoms with Crippen LogP contribution in [0, 0.1) is 0 Å². The van der Waals surface area contributed by atoms with Gasteiger partial charge in [-0.1, -0.05) is 72.0 Å². The third-order valence-corrected chi connectivity index (χ3v) is 5.80. The van der Waals surface area contributed by atoms with Crippen LogP contribution in [0.2, 0.25) is 0 Å². The maximum atomic E-state index is 4.59. The Morgan fingerprint density at radius 2 is 1.46 bits per heavy atom. The van der Waals surface area contributed by atoms with E-state index in [0.717, 1.165) is 5.69 Å². The summed E-state index contributed by atoms with van der Waals surface area (Å²) in [5.41, 5.74) is 5.37. The molecule has 2 atom stereocenters. The molecule has 2 aliphatic rings. The van der Waals surface area contributed by atoms with Gasteiger partial charge in [0.05, 0.1) is 5.69 Å². The molecule has 0 N–H and O–H groups in total. The Balaban J connectivity index is 1.77. The second-order valence-electron chi connectivity index (χ2n) is 7.31. The van der Waals surface area contributed by atoms with Crippen molar-refractivity contribution < 1.29 is 0 Å². The molecule has 3 aromatic carbocycles. The molecule has 0 aromatic heterocycles. The molecule has 4 nitrogen and oxygen atoms in total. The van der Waals surface area contributed by atoms with Gasteiger partial charge in [0.15, 0.2) is 5.66 Å². The summed E-state index contributed by atoms with van der Waals surface area (Å²) >= 11 is 0. The summed E-state index contributed by atoms with van der Waals surface area (Å²) in [7, 11) is 2.14. The molecule has 0 amide bonds. The predicted octanol–water partition coefficient (Wildman–Crippen LogP) is 5.54. The molecule has 0 bridgehead atoms. The van der Waals surface area contributed by atoms with Crippen molar-refractivity contribution in [2.24, 2.45) is 10.3 Å². The molecule has 1 unspecified atom stereocenters. The van der Waals surface area contributed by atoms with Crippen LogP contribution in [-0.2, 0) is 0 Å². The molecule has 3 aromatic rings. The van der Waals surface area contributed by atoms with Crippen molar-refractivity contribution in [3.63, 3.8) is 0 Å². The highest BCUT2D eigenvalue weighted by Gasteiger charge is 2.51. The van der Waals surface area contributed by atoms with E-state index >= 15 is 0 Å². The maximum absolute atomic E-state index is 4.59. The fraction of sp³-hybridized carbons (Fsp3) is 0.167. The van der Waals surface area contributed by atoms with Gasteiger partial charge < -0.3 is 4.90 Å². The molecule has 0 saturated carbocycles. The van der Waals surface area contributed by atoms with Gasteiger partial charge in [-0.05, 0) is 42.3 Å². The highest BCUT2D eigenvalue weighted by molar-refractivity contribution is 5.91. The number of likely N-dealkylation sites (N-methyl/N-ethyl adjacent to an activating group) is 1. The first-order valence-electron chi connectivity index (χ1n) is 9.59. The van der Waals surface area contributed by atoms with Gasteiger partial charge in [0.2, 0.25) is 0 Å². The highest BCUT2D eigenvalue weighted by Crippen LogP contribution is 2.47. The van der Waals surface area contributed by atoms with E-state index in [2.05, 4.69) is 107 Å². The van der Waals surface area contributed by atoms with Crippen molar-refractivity contribution in [2.45, 2.75) is 18.6 Å². The van der Waals surface area contributed by atoms with Gasteiger partial charge in [-0.2, -0.15) is 5.11 Å². The summed E-state index contributed by atoms with van der Waals surface area (Å²) in [4.78, 5) is 2.31. The number of benzene rings is 3. The van der Waals surface area contributed by atoms with Crippen LogP contribution in [0.15, 0.2) is 101 Å². The number of para-hydroxylation sites is 2. The van der Waals surface area contributed by atoms with Gasteiger partial charge in [0.1, 0.15) is 6.04 Å². The molecule has 2 heterocycles. The first kappa shape index (κ1) is 16.8. The second kappa shape index (κ2) is 6.34. The van der Waals surface area contributed by atoms with E-state index in [1.807, 2.05) is 18.2 Å². The molecular weight excluding hydrogens is 344 g/mol. The third-order valence-electron chi connectivity index (χ3n) is 5.80. The van der Waals surface area contributed by atoms with E-state index in [0.29, 0.717) is 0 Å². The van der Waals surface area contributed by atoms with Crippen LogP contribution in [0.4, 0.5) is 11.4 Å². The summed E-state index contributed by atoms with van der Waals surface area (Å²) < 4.78 is 0. The smallest absolute Gasteiger partial charge is 0.180 e. The Labute approximate surface area is 165 Å². The number of rotatable bonds is 2. The Morgan fingerprint density at radius 3 is 2.21 bits per heavy atom. The summed E-state index contributed by atoms with van der Waals surface area (Å²) in [5, 5.41) is 11.2.